The molecule has 322 valence electrons. The number of anilines is 3. The van der Waals surface area contributed by atoms with E-state index in [0.29, 0.717) is 24.7 Å². The molecule has 0 unspecified atom stereocenters. The van der Waals surface area contributed by atoms with Gasteiger partial charge in [0.25, 0.3) is 0 Å². The van der Waals surface area contributed by atoms with E-state index in [9.17, 15) is 14.4 Å². The van der Waals surface area contributed by atoms with Crippen molar-refractivity contribution < 1.29 is 18.9 Å². The van der Waals surface area contributed by atoms with E-state index in [1.54, 1.807) is 22.6 Å². The normalized spacial score (nSPS) is 17.5. The number of fused-ring (bicyclic) bond motifs is 1. The summed E-state index contributed by atoms with van der Waals surface area (Å²) in [6.07, 6.45) is 6.16. The number of H-pyrrole nitrogens is 1. The van der Waals surface area contributed by atoms with Gasteiger partial charge in [-0.15, -0.1) is 0 Å². The summed E-state index contributed by atoms with van der Waals surface area (Å²) < 4.78 is 5.25. The van der Waals surface area contributed by atoms with Crippen LogP contribution in [0.3, 0.4) is 0 Å². The minimum atomic E-state index is -0.409. The molecule has 62 heavy (non-hydrogen) atoms. The van der Waals surface area contributed by atoms with Gasteiger partial charge >= 0.3 is 17.8 Å². The predicted molar refractivity (Wildman–Crippen MR) is 240 cm³/mol. The molecule has 16 nitrogen and oxygen atoms in total. The van der Waals surface area contributed by atoms with Crippen molar-refractivity contribution in [1.82, 2.24) is 45.6 Å². The van der Waals surface area contributed by atoms with Crippen LogP contribution in [0.25, 0.3) is 32.9 Å². The Morgan fingerprint density at radius 1 is 0.935 bits per heavy atom. The second kappa shape index (κ2) is 16.9. The van der Waals surface area contributed by atoms with Crippen molar-refractivity contribution >= 4 is 56.7 Å². The van der Waals surface area contributed by atoms with Crippen LogP contribution in [-0.4, -0.2) is 105 Å². The van der Waals surface area contributed by atoms with Gasteiger partial charge < -0.3 is 24.6 Å². The number of carbonyl (C=O) groups excluding carboxylic acids is 3. The summed E-state index contributed by atoms with van der Waals surface area (Å²) in [6, 6.07) is 15.8. The second-order valence-electron chi connectivity index (χ2n) is 17.6. The number of amides is 4. The Kier molecular flexibility index (Phi) is 11.2. The van der Waals surface area contributed by atoms with Gasteiger partial charge in [-0.25, -0.2) is 19.7 Å². The van der Waals surface area contributed by atoms with Crippen LogP contribution in [0.5, 0.6) is 0 Å². The number of benzene rings is 2. The quantitative estimate of drug-likeness (QED) is 0.133. The summed E-state index contributed by atoms with van der Waals surface area (Å²) in [5.41, 5.74) is 7.16. The lowest BCUT2D eigenvalue weighted by Crippen LogP contribution is -2.49. The molecule has 9 rings (SSSR count). The number of aromatic nitrogens is 6. The highest BCUT2D eigenvalue weighted by Crippen LogP contribution is 2.36. The van der Waals surface area contributed by atoms with E-state index < -0.39 is 5.91 Å². The number of urea groups is 1. The number of hydrogen-bond donors (Lipinski definition) is 3. The lowest BCUT2D eigenvalue weighted by molar-refractivity contribution is -0.120. The lowest BCUT2D eigenvalue weighted by atomic mass is 9.95. The Morgan fingerprint density at radius 3 is 2.40 bits per heavy atom. The number of nitrogens with zero attached hydrogens (tertiary/aromatic N) is 9. The number of piperazine rings is 1. The number of nitrogens with one attached hydrogen (secondary N) is 3. The molecule has 0 spiro atoms. The Hall–Kier alpha value is -6.20. The van der Waals surface area contributed by atoms with Crippen LogP contribution in [0.1, 0.15) is 80.6 Å². The first-order valence-electron chi connectivity index (χ1n) is 21.4. The summed E-state index contributed by atoms with van der Waals surface area (Å²) in [6.45, 7) is 17.3. The Morgan fingerprint density at radius 2 is 1.69 bits per heavy atom. The number of thiazole rings is 1. The molecule has 4 aromatic heterocycles. The lowest BCUT2D eigenvalue weighted by Gasteiger charge is -2.39. The molecule has 3 N–H and O–H groups in total. The van der Waals surface area contributed by atoms with Gasteiger partial charge in [-0.05, 0) is 80.1 Å². The van der Waals surface area contributed by atoms with Crippen molar-refractivity contribution in [3.05, 3.63) is 83.9 Å². The molecule has 0 saturated carbocycles. The Labute approximate surface area is 364 Å². The van der Waals surface area contributed by atoms with E-state index in [-0.39, 0.29) is 29.3 Å². The summed E-state index contributed by atoms with van der Waals surface area (Å²) in [4.78, 5) is 68.8. The molecule has 3 saturated heterocycles. The average molecular weight is 857 g/mol. The topological polar surface area (TPSA) is 182 Å². The molecule has 3 aliphatic heterocycles. The number of hydrogen-bond acceptors (Lipinski definition) is 13. The number of rotatable bonds is 10. The first kappa shape index (κ1) is 41.2. The third-order valence-electron chi connectivity index (χ3n) is 12.2. The first-order valence-corrected chi connectivity index (χ1v) is 22.2. The zero-order valence-corrected chi connectivity index (χ0v) is 36.6. The summed E-state index contributed by atoms with van der Waals surface area (Å²) in [5, 5.41) is 11.3. The molecule has 6 aromatic rings. The number of aryl methyl sites for hydroxylation is 1. The van der Waals surface area contributed by atoms with Gasteiger partial charge in [-0.2, -0.15) is 4.98 Å². The monoisotopic (exact) mass is 856 g/mol. The maximum Gasteiger partial charge on any atom is 0.328 e. The van der Waals surface area contributed by atoms with Gasteiger partial charge in [0.2, 0.25) is 5.91 Å². The van der Waals surface area contributed by atoms with Crippen LogP contribution in [0.4, 0.5) is 21.3 Å². The molecule has 0 aliphatic carbocycles. The van der Waals surface area contributed by atoms with Crippen LogP contribution in [0.15, 0.2) is 65.6 Å². The highest BCUT2D eigenvalue weighted by molar-refractivity contribution is 7.18. The van der Waals surface area contributed by atoms with Crippen molar-refractivity contribution in [2.45, 2.75) is 65.3 Å². The van der Waals surface area contributed by atoms with E-state index >= 15 is 0 Å². The highest BCUT2D eigenvalue weighted by Gasteiger charge is 2.28. The smallest absolute Gasteiger partial charge is 0.328 e. The summed E-state index contributed by atoms with van der Waals surface area (Å²) in [7, 11) is 0. The number of aromatic amines is 1. The van der Waals surface area contributed by atoms with Gasteiger partial charge in [0.05, 0.1) is 22.3 Å². The molecule has 1 atom stereocenters. The molecular weight excluding hydrogens is 805 g/mol. The van der Waals surface area contributed by atoms with Crippen molar-refractivity contribution in [1.29, 1.82) is 0 Å². The predicted octanol–water partition coefficient (Wildman–Crippen LogP) is 6.71. The SMILES string of the molecule is Cc1cc(-c2ncnc3[nH]c(-c4cnc(N5CCN(CC6CCN(c7ccc(N8CCC(=O)NC8=O)cc7)CC6)CC5)s4)cc23)ccc1[C@@H](C)NC(=O)c1nc(C(C)(C)C)no1. The van der Waals surface area contributed by atoms with Crippen molar-refractivity contribution in [3.8, 4) is 21.8 Å². The third-order valence-corrected chi connectivity index (χ3v) is 13.3. The van der Waals surface area contributed by atoms with Crippen molar-refractivity contribution in [3.63, 3.8) is 0 Å². The molecule has 3 fully saturated rings. The molecule has 17 heteroatoms. The molecule has 7 heterocycles. The number of piperidine rings is 1. The average Bonchev–Trinajstić information content (AvgIpc) is 4.05. The summed E-state index contributed by atoms with van der Waals surface area (Å²) >= 11 is 1.69. The van der Waals surface area contributed by atoms with E-state index in [0.717, 1.165) is 113 Å². The summed E-state index contributed by atoms with van der Waals surface area (Å²) in [5.74, 6) is 0.473. The molecule has 0 bridgehead atoms. The maximum atomic E-state index is 12.9. The van der Waals surface area contributed by atoms with E-state index in [1.807, 2.05) is 65.1 Å². The molecule has 4 amide bonds. The van der Waals surface area contributed by atoms with Gasteiger partial charge in [0, 0.05) is 92.7 Å². The van der Waals surface area contributed by atoms with E-state index in [2.05, 4.69) is 69.7 Å². The van der Waals surface area contributed by atoms with E-state index in [1.165, 1.54) is 5.69 Å². The Balaban J connectivity index is 0.775. The molecule has 0 radical (unpaired) electrons. The first-order chi connectivity index (χ1) is 29.9. The van der Waals surface area contributed by atoms with E-state index in [4.69, 9.17) is 14.5 Å². The standard InChI is InChI=1S/C45H52N12O4S/c1-27-22-30(6-11-33(27)28(2)49-40(59)41-52-42(53-61-41)45(3,4)5)38-34-23-35(50-39(34)48-26-47-38)36-24-46-44(62-36)56-20-18-54(19-21-56)25-29-12-15-55(16-13-29)31-7-9-32(10-8-31)57-17-14-37(58)51-43(57)60/h6-11,22-24,26,28-29H,12-21,25H2,1-5H3,(H,49,59)(H,47,48,50)(H,51,58,60)/t28-/m1/s1. The van der Waals surface area contributed by atoms with Gasteiger partial charge in [-0.1, -0.05) is 49.4 Å². The van der Waals surface area contributed by atoms with Crippen LogP contribution in [0, 0.1) is 12.8 Å². The number of imide groups is 1. The Bertz CT molecular complexity index is 2600. The van der Waals surface area contributed by atoms with Crippen LogP contribution < -0.4 is 25.3 Å². The third kappa shape index (κ3) is 8.63. The molecular formula is C45H52N12O4S. The highest BCUT2D eigenvalue weighted by atomic mass is 32.1. The number of carbonyl (C=O) groups is 3. The van der Waals surface area contributed by atoms with Gasteiger partial charge in [0.15, 0.2) is 11.0 Å². The molecule has 2 aromatic carbocycles. The largest absolute Gasteiger partial charge is 0.372 e. The van der Waals surface area contributed by atoms with Crippen molar-refractivity contribution in [2.24, 2.45) is 5.92 Å². The van der Waals surface area contributed by atoms with Gasteiger partial charge in [0.1, 0.15) is 12.0 Å². The second-order valence-corrected chi connectivity index (χ2v) is 18.6. The zero-order valence-electron chi connectivity index (χ0n) is 35.8. The fourth-order valence-corrected chi connectivity index (χ4v) is 9.56. The van der Waals surface area contributed by atoms with Crippen LogP contribution in [-0.2, 0) is 10.2 Å². The van der Waals surface area contributed by atoms with Crippen LogP contribution >= 0.6 is 11.3 Å². The fraction of sp³-hybridized carbons (Fsp3) is 0.422. The fourth-order valence-electron chi connectivity index (χ4n) is 8.62. The minimum absolute atomic E-state index is 0.0482. The minimum Gasteiger partial charge on any atom is -0.372 e. The molecule has 3 aliphatic rings. The zero-order chi connectivity index (χ0) is 43.1. The maximum absolute atomic E-state index is 12.9. The van der Waals surface area contributed by atoms with Gasteiger partial charge in [-0.3, -0.25) is 24.7 Å². The van der Waals surface area contributed by atoms with Crippen molar-refractivity contribution in [2.75, 3.05) is 67.1 Å². The van der Waals surface area contributed by atoms with Crippen LogP contribution in [0.2, 0.25) is 0 Å².